The van der Waals surface area contributed by atoms with Gasteiger partial charge in [0.05, 0.1) is 5.56 Å². The molecule has 0 spiro atoms. The van der Waals surface area contributed by atoms with E-state index in [4.69, 9.17) is 0 Å². The van der Waals surface area contributed by atoms with Crippen LogP contribution in [0.1, 0.15) is 30.4 Å². The lowest BCUT2D eigenvalue weighted by Gasteiger charge is -2.20. The summed E-state index contributed by atoms with van der Waals surface area (Å²) in [6.07, 6.45) is -1.92. The van der Waals surface area contributed by atoms with Crippen LogP contribution in [0, 0.1) is 0 Å². The molecule has 1 aromatic carbocycles. The van der Waals surface area contributed by atoms with Gasteiger partial charge in [0.15, 0.2) is 0 Å². The van der Waals surface area contributed by atoms with Crippen molar-refractivity contribution in [1.82, 2.24) is 10.2 Å². The Morgan fingerprint density at radius 3 is 2.81 bits per heavy atom. The first-order valence-corrected chi connectivity index (χ1v) is 7.00. The van der Waals surface area contributed by atoms with Crippen molar-refractivity contribution in [2.45, 2.75) is 38.0 Å². The number of hydrogen-bond acceptors (Lipinski definition) is 2. The second-order valence-corrected chi connectivity index (χ2v) is 5.45. The highest BCUT2D eigenvalue weighted by atomic mass is 19.4. The largest absolute Gasteiger partial charge is 0.416 e. The summed E-state index contributed by atoms with van der Waals surface area (Å²) in [5, 5.41) is 3.24. The fourth-order valence-electron chi connectivity index (χ4n) is 2.51. The first kappa shape index (κ1) is 15.8. The standard InChI is InChI=1S/C15H19F3N2O/c1-20(14(21)9-13-6-3-7-19-13)10-11-4-2-5-12(8-11)15(16,17)18/h2,4-5,8,13,19H,3,6-7,9-10H2,1H3. The predicted octanol–water partition coefficient (Wildman–Crippen LogP) is 2.81. The van der Waals surface area contributed by atoms with Crippen LogP contribution in [0.2, 0.25) is 0 Å². The molecule has 1 saturated heterocycles. The van der Waals surface area contributed by atoms with E-state index in [-0.39, 0.29) is 18.5 Å². The van der Waals surface area contributed by atoms with Crippen molar-refractivity contribution in [2.75, 3.05) is 13.6 Å². The lowest BCUT2D eigenvalue weighted by atomic mass is 10.1. The number of amides is 1. The van der Waals surface area contributed by atoms with Crippen LogP contribution in [-0.4, -0.2) is 30.4 Å². The third kappa shape index (κ3) is 4.46. The lowest BCUT2D eigenvalue weighted by Crippen LogP contribution is -2.33. The average molecular weight is 300 g/mol. The van der Waals surface area contributed by atoms with E-state index in [1.165, 1.54) is 11.0 Å². The number of benzene rings is 1. The first-order chi connectivity index (χ1) is 9.86. The number of nitrogens with one attached hydrogen (secondary N) is 1. The molecule has 2 rings (SSSR count). The maximum atomic E-state index is 12.6. The van der Waals surface area contributed by atoms with Crippen molar-refractivity contribution in [2.24, 2.45) is 0 Å². The Kier molecular flexibility index (Phi) is 4.88. The third-order valence-corrected chi connectivity index (χ3v) is 3.68. The number of nitrogens with zero attached hydrogens (tertiary/aromatic N) is 1. The number of halogens is 3. The quantitative estimate of drug-likeness (QED) is 0.927. The molecule has 116 valence electrons. The highest BCUT2D eigenvalue weighted by Crippen LogP contribution is 2.29. The van der Waals surface area contributed by atoms with Gasteiger partial charge in [0.1, 0.15) is 0 Å². The van der Waals surface area contributed by atoms with Crippen LogP contribution in [0.25, 0.3) is 0 Å². The summed E-state index contributed by atoms with van der Waals surface area (Å²) < 4.78 is 37.9. The topological polar surface area (TPSA) is 32.3 Å². The summed E-state index contributed by atoms with van der Waals surface area (Å²) in [6, 6.07) is 5.30. The Bertz CT molecular complexity index is 496. The number of hydrogen-bond donors (Lipinski definition) is 1. The molecule has 1 N–H and O–H groups in total. The van der Waals surface area contributed by atoms with E-state index in [9.17, 15) is 18.0 Å². The molecule has 0 bridgehead atoms. The third-order valence-electron chi connectivity index (χ3n) is 3.68. The molecule has 1 fully saturated rings. The van der Waals surface area contributed by atoms with E-state index in [1.807, 2.05) is 0 Å². The molecular formula is C15H19F3N2O. The molecule has 6 heteroatoms. The van der Waals surface area contributed by atoms with Gasteiger partial charge in [0.2, 0.25) is 5.91 Å². The van der Waals surface area contributed by atoms with Gasteiger partial charge >= 0.3 is 6.18 Å². The molecule has 3 nitrogen and oxygen atoms in total. The van der Waals surface area contributed by atoms with Gasteiger partial charge in [-0.2, -0.15) is 13.2 Å². The zero-order chi connectivity index (χ0) is 15.5. The maximum Gasteiger partial charge on any atom is 0.416 e. The second kappa shape index (κ2) is 6.47. The summed E-state index contributed by atoms with van der Waals surface area (Å²) in [4.78, 5) is 13.5. The van der Waals surface area contributed by atoms with E-state index in [2.05, 4.69) is 5.32 Å². The van der Waals surface area contributed by atoms with Crippen molar-refractivity contribution in [3.8, 4) is 0 Å². The van der Waals surface area contributed by atoms with E-state index in [1.54, 1.807) is 13.1 Å². The van der Waals surface area contributed by atoms with Crippen LogP contribution in [0.3, 0.4) is 0 Å². The van der Waals surface area contributed by atoms with Gasteiger partial charge in [-0.25, -0.2) is 0 Å². The second-order valence-electron chi connectivity index (χ2n) is 5.45. The molecule has 1 aliphatic heterocycles. The van der Waals surface area contributed by atoms with Crippen molar-refractivity contribution >= 4 is 5.91 Å². The average Bonchev–Trinajstić information content (AvgIpc) is 2.91. The van der Waals surface area contributed by atoms with Gasteiger partial charge in [0.25, 0.3) is 0 Å². The van der Waals surface area contributed by atoms with E-state index < -0.39 is 11.7 Å². The molecule has 0 aromatic heterocycles. The first-order valence-electron chi connectivity index (χ1n) is 7.00. The summed E-state index contributed by atoms with van der Waals surface area (Å²) in [5.41, 5.74) is -0.196. The fourth-order valence-corrected chi connectivity index (χ4v) is 2.51. The minimum Gasteiger partial charge on any atom is -0.341 e. The van der Waals surface area contributed by atoms with Gasteiger partial charge in [-0.3, -0.25) is 4.79 Å². The predicted molar refractivity (Wildman–Crippen MR) is 73.6 cm³/mol. The molecule has 0 aliphatic carbocycles. The smallest absolute Gasteiger partial charge is 0.341 e. The summed E-state index contributed by atoms with van der Waals surface area (Å²) in [5.74, 6) is -0.0492. The van der Waals surface area contributed by atoms with Crippen molar-refractivity contribution in [1.29, 1.82) is 0 Å². The molecule has 1 aromatic rings. The Labute approximate surface area is 122 Å². The highest BCUT2D eigenvalue weighted by Gasteiger charge is 2.30. The normalized spacial score (nSPS) is 18.8. The number of carbonyl (C=O) groups is 1. The van der Waals surface area contributed by atoms with Crippen LogP contribution < -0.4 is 5.32 Å². The monoisotopic (exact) mass is 300 g/mol. The van der Waals surface area contributed by atoms with E-state index in [0.717, 1.165) is 31.5 Å². The molecular weight excluding hydrogens is 281 g/mol. The summed E-state index contributed by atoms with van der Waals surface area (Å²) in [6.45, 7) is 1.12. The molecule has 1 atom stereocenters. The summed E-state index contributed by atoms with van der Waals surface area (Å²) >= 11 is 0. The number of carbonyl (C=O) groups excluding carboxylic acids is 1. The Hall–Kier alpha value is -1.56. The van der Waals surface area contributed by atoms with Crippen molar-refractivity contribution in [3.05, 3.63) is 35.4 Å². The Morgan fingerprint density at radius 1 is 1.43 bits per heavy atom. The Morgan fingerprint density at radius 2 is 2.19 bits per heavy atom. The van der Waals surface area contributed by atoms with Crippen LogP contribution in [0.15, 0.2) is 24.3 Å². The van der Waals surface area contributed by atoms with Gasteiger partial charge in [-0.1, -0.05) is 12.1 Å². The maximum absolute atomic E-state index is 12.6. The number of rotatable bonds is 4. The van der Waals surface area contributed by atoms with Gasteiger partial charge in [0, 0.05) is 26.1 Å². The van der Waals surface area contributed by atoms with Crippen LogP contribution in [0.4, 0.5) is 13.2 Å². The van der Waals surface area contributed by atoms with Gasteiger partial charge < -0.3 is 10.2 Å². The number of alkyl halides is 3. The van der Waals surface area contributed by atoms with Crippen LogP contribution >= 0.6 is 0 Å². The van der Waals surface area contributed by atoms with Crippen molar-refractivity contribution in [3.63, 3.8) is 0 Å². The van der Waals surface area contributed by atoms with Crippen LogP contribution in [0.5, 0.6) is 0 Å². The van der Waals surface area contributed by atoms with E-state index >= 15 is 0 Å². The minimum absolute atomic E-state index is 0.0492. The zero-order valence-corrected chi connectivity index (χ0v) is 11.9. The van der Waals surface area contributed by atoms with Gasteiger partial charge in [-0.15, -0.1) is 0 Å². The Balaban J connectivity index is 1.95. The van der Waals surface area contributed by atoms with E-state index in [0.29, 0.717) is 12.0 Å². The fraction of sp³-hybridized carbons (Fsp3) is 0.533. The SMILES string of the molecule is CN(Cc1cccc(C(F)(F)F)c1)C(=O)CC1CCCN1. The van der Waals surface area contributed by atoms with Crippen molar-refractivity contribution < 1.29 is 18.0 Å². The summed E-state index contributed by atoms with van der Waals surface area (Å²) in [7, 11) is 1.62. The molecule has 1 aliphatic rings. The molecule has 1 unspecified atom stereocenters. The molecule has 0 radical (unpaired) electrons. The lowest BCUT2D eigenvalue weighted by molar-refractivity contribution is -0.137. The van der Waals surface area contributed by atoms with Crippen LogP contribution in [-0.2, 0) is 17.5 Å². The highest BCUT2D eigenvalue weighted by molar-refractivity contribution is 5.76. The molecule has 21 heavy (non-hydrogen) atoms. The molecule has 1 amide bonds. The zero-order valence-electron chi connectivity index (χ0n) is 11.9. The molecule has 1 heterocycles. The molecule has 0 saturated carbocycles. The van der Waals surface area contributed by atoms with Gasteiger partial charge in [-0.05, 0) is 37.1 Å². The minimum atomic E-state index is -4.35.